The number of amides is 1. The van der Waals surface area contributed by atoms with Gasteiger partial charge >= 0.3 is 0 Å². The van der Waals surface area contributed by atoms with Gasteiger partial charge < -0.3 is 14.8 Å². The number of ether oxygens (including phenoxy) is 2. The topological polar surface area (TPSA) is 50.8 Å². The molecular formula is C19H26F2N2O3. The Morgan fingerprint density at radius 3 is 2.73 bits per heavy atom. The third-order valence-corrected chi connectivity index (χ3v) is 4.90. The van der Waals surface area contributed by atoms with Gasteiger partial charge in [-0.3, -0.25) is 9.69 Å². The Hall–Kier alpha value is -1.57. The molecule has 2 aliphatic heterocycles. The number of piperidine rings is 1. The van der Waals surface area contributed by atoms with Crippen molar-refractivity contribution in [3.63, 3.8) is 0 Å². The number of rotatable bonds is 7. The highest BCUT2D eigenvalue weighted by atomic mass is 19.2. The summed E-state index contributed by atoms with van der Waals surface area (Å²) in [6.45, 7) is 3.52. The van der Waals surface area contributed by atoms with Gasteiger partial charge in [-0.05, 0) is 43.4 Å². The number of likely N-dealkylation sites (tertiary alicyclic amines) is 1. The lowest BCUT2D eigenvalue weighted by Crippen LogP contribution is -2.45. The van der Waals surface area contributed by atoms with E-state index < -0.39 is 11.6 Å². The lowest BCUT2D eigenvalue weighted by Gasteiger charge is -2.32. The summed E-state index contributed by atoms with van der Waals surface area (Å²) in [7, 11) is 0. The number of benzene rings is 1. The van der Waals surface area contributed by atoms with Crippen LogP contribution in [0.25, 0.3) is 0 Å². The normalized spacial score (nSPS) is 21.8. The Balaban J connectivity index is 1.32. The summed E-state index contributed by atoms with van der Waals surface area (Å²) in [6.07, 6.45) is 3.85. The first-order valence-electron chi connectivity index (χ1n) is 9.25. The fourth-order valence-electron chi connectivity index (χ4n) is 3.46. The van der Waals surface area contributed by atoms with E-state index in [1.807, 2.05) is 0 Å². The van der Waals surface area contributed by atoms with Crippen molar-refractivity contribution in [3.8, 4) is 0 Å². The molecular weight excluding hydrogens is 342 g/mol. The molecule has 0 saturated carbocycles. The molecule has 2 aliphatic rings. The SMILES string of the molecule is O=C(COCC1CCCO1)NC1CCN(Cc2ccc(F)c(F)c2)CC1. The molecule has 0 aromatic heterocycles. The van der Waals surface area contributed by atoms with E-state index in [9.17, 15) is 13.6 Å². The number of carbonyl (C=O) groups excluding carboxylic acids is 1. The third-order valence-electron chi connectivity index (χ3n) is 4.90. The first-order chi connectivity index (χ1) is 12.6. The van der Waals surface area contributed by atoms with E-state index in [1.54, 1.807) is 6.07 Å². The first-order valence-corrected chi connectivity index (χ1v) is 9.25. The summed E-state index contributed by atoms with van der Waals surface area (Å²) in [5.41, 5.74) is 0.758. The summed E-state index contributed by atoms with van der Waals surface area (Å²) in [5.74, 6) is -1.73. The molecule has 1 aromatic carbocycles. The van der Waals surface area contributed by atoms with Crippen molar-refractivity contribution in [2.75, 3.05) is 32.9 Å². The molecule has 0 bridgehead atoms. The van der Waals surface area contributed by atoms with Gasteiger partial charge in [0.2, 0.25) is 5.91 Å². The molecule has 2 heterocycles. The van der Waals surface area contributed by atoms with Crippen molar-refractivity contribution in [1.82, 2.24) is 10.2 Å². The van der Waals surface area contributed by atoms with Crippen LogP contribution in [0.1, 0.15) is 31.2 Å². The van der Waals surface area contributed by atoms with E-state index in [0.717, 1.165) is 57.0 Å². The van der Waals surface area contributed by atoms with Crippen molar-refractivity contribution in [3.05, 3.63) is 35.4 Å². The number of nitrogens with zero attached hydrogens (tertiary/aromatic N) is 1. The monoisotopic (exact) mass is 368 g/mol. The van der Waals surface area contributed by atoms with E-state index in [0.29, 0.717) is 13.2 Å². The Kier molecular flexibility index (Phi) is 6.93. The van der Waals surface area contributed by atoms with Gasteiger partial charge in [0.15, 0.2) is 11.6 Å². The zero-order valence-corrected chi connectivity index (χ0v) is 14.9. The van der Waals surface area contributed by atoms with Crippen LogP contribution >= 0.6 is 0 Å². The maximum atomic E-state index is 13.3. The van der Waals surface area contributed by atoms with Crippen molar-refractivity contribution < 1.29 is 23.0 Å². The molecule has 0 spiro atoms. The van der Waals surface area contributed by atoms with Crippen LogP contribution in [0.4, 0.5) is 8.78 Å². The largest absolute Gasteiger partial charge is 0.376 e. The molecule has 0 aliphatic carbocycles. The predicted molar refractivity (Wildman–Crippen MR) is 92.6 cm³/mol. The second-order valence-corrected chi connectivity index (χ2v) is 7.02. The van der Waals surface area contributed by atoms with Crippen LogP contribution in [0.5, 0.6) is 0 Å². The highest BCUT2D eigenvalue weighted by Gasteiger charge is 2.21. The predicted octanol–water partition coefficient (Wildman–Crippen LogP) is 2.24. The van der Waals surface area contributed by atoms with E-state index >= 15 is 0 Å². The molecule has 26 heavy (non-hydrogen) atoms. The quantitative estimate of drug-likeness (QED) is 0.802. The lowest BCUT2D eigenvalue weighted by atomic mass is 10.0. The van der Waals surface area contributed by atoms with Gasteiger partial charge in [0.1, 0.15) is 6.61 Å². The number of hydrogen-bond donors (Lipinski definition) is 1. The van der Waals surface area contributed by atoms with Gasteiger partial charge in [-0.2, -0.15) is 0 Å². The van der Waals surface area contributed by atoms with Crippen molar-refractivity contribution in [2.45, 2.75) is 44.4 Å². The van der Waals surface area contributed by atoms with Crippen LogP contribution in [-0.2, 0) is 20.8 Å². The third kappa shape index (κ3) is 5.72. The summed E-state index contributed by atoms with van der Waals surface area (Å²) in [5, 5.41) is 3.00. The number of halogens is 2. The van der Waals surface area contributed by atoms with Gasteiger partial charge in [-0.25, -0.2) is 8.78 Å². The standard InChI is InChI=1S/C19H26F2N2O3/c20-17-4-3-14(10-18(17)21)11-23-7-5-15(6-8-23)22-19(24)13-25-12-16-2-1-9-26-16/h3-4,10,15-16H,1-2,5-9,11-13H2,(H,22,24). The second-order valence-electron chi connectivity index (χ2n) is 7.02. The van der Waals surface area contributed by atoms with Crippen LogP contribution in [0.3, 0.4) is 0 Å². The van der Waals surface area contributed by atoms with E-state index in [4.69, 9.17) is 9.47 Å². The molecule has 1 aromatic rings. The van der Waals surface area contributed by atoms with Crippen LogP contribution < -0.4 is 5.32 Å². The van der Waals surface area contributed by atoms with Crippen LogP contribution in [0, 0.1) is 11.6 Å². The van der Waals surface area contributed by atoms with Gasteiger partial charge in [0, 0.05) is 32.3 Å². The lowest BCUT2D eigenvalue weighted by molar-refractivity contribution is -0.127. The Morgan fingerprint density at radius 1 is 1.23 bits per heavy atom. The molecule has 1 amide bonds. The van der Waals surface area contributed by atoms with Gasteiger partial charge in [-0.1, -0.05) is 6.07 Å². The van der Waals surface area contributed by atoms with Gasteiger partial charge in [0.25, 0.3) is 0 Å². The Morgan fingerprint density at radius 2 is 2.04 bits per heavy atom. The molecule has 3 rings (SSSR count). The maximum absolute atomic E-state index is 13.3. The Labute approximate surface area is 152 Å². The molecule has 2 fully saturated rings. The summed E-state index contributed by atoms with van der Waals surface area (Å²) >= 11 is 0. The van der Waals surface area contributed by atoms with Crippen LogP contribution in [0.15, 0.2) is 18.2 Å². The first kappa shape index (κ1) is 19.2. The van der Waals surface area contributed by atoms with Crippen LogP contribution in [0.2, 0.25) is 0 Å². The van der Waals surface area contributed by atoms with E-state index in [1.165, 1.54) is 6.07 Å². The second kappa shape index (κ2) is 9.39. The minimum absolute atomic E-state index is 0.0644. The van der Waals surface area contributed by atoms with Crippen LogP contribution in [-0.4, -0.2) is 55.9 Å². The average molecular weight is 368 g/mol. The van der Waals surface area contributed by atoms with Crippen molar-refractivity contribution in [1.29, 1.82) is 0 Å². The smallest absolute Gasteiger partial charge is 0.246 e. The molecule has 2 saturated heterocycles. The molecule has 144 valence electrons. The fraction of sp³-hybridized carbons (Fsp3) is 0.632. The molecule has 0 radical (unpaired) electrons. The average Bonchev–Trinajstić information content (AvgIpc) is 3.13. The minimum Gasteiger partial charge on any atom is -0.376 e. The molecule has 7 heteroatoms. The van der Waals surface area contributed by atoms with Gasteiger partial charge in [-0.15, -0.1) is 0 Å². The minimum atomic E-state index is -0.822. The fourth-order valence-corrected chi connectivity index (χ4v) is 3.46. The highest BCUT2D eigenvalue weighted by Crippen LogP contribution is 2.16. The zero-order valence-electron chi connectivity index (χ0n) is 14.9. The molecule has 5 nitrogen and oxygen atoms in total. The molecule has 1 N–H and O–H groups in total. The number of hydrogen-bond acceptors (Lipinski definition) is 4. The van der Waals surface area contributed by atoms with Crippen molar-refractivity contribution >= 4 is 5.91 Å². The van der Waals surface area contributed by atoms with E-state index in [-0.39, 0.29) is 24.7 Å². The number of carbonyl (C=O) groups is 1. The zero-order chi connectivity index (χ0) is 18.4. The van der Waals surface area contributed by atoms with Gasteiger partial charge in [0.05, 0.1) is 12.7 Å². The highest BCUT2D eigenvalue weighted by molar-refractivity contribution is 5.77. The van der Waals surface area contributed by atoms with E-state index in [2.05, 4.69) is 10.2 Å². The number of nitrogens with one attached hydrogen (secondary N) is 1. The summed E-state index contributed by atoms with van der Waals surface area (Å²) < 4.78 is 37.1. The molecule has 1 atom stereocenters. The molecule has 1 unspecified atom stereocenters. The summed E-state index contributed by atoms with van der Waals surface area (Å²) in [6, 6.07) is 4.15. The van der Waals surface area contributed by atoms with Crippen molar-refractivity contribution in [2.24, 2.45) is 0 Å². The summed E-state index contributed by atoms with van der Waals surface area (Å²) in [4.78, 5) is 14.1. The Bertz CT molecular complexity index is 600. The maximum Gasteiger partial charge on any atom is 0.246 e.